The summed E-state index contributed by atoms with van der Waals surface area (Å²) >= 11 is 6.45. The summed E-state index contributed by atoms with van der Waals surface area (Å²) < 4.78 is 43.8. The van der Waals surface area contributed by atoms with Gasteiger partial charge in [-0.1, -0.05) is 23.7 Å². The third-order valence-electron chi connectivity index (χ3n) is 11.2. The van der Waals surface area contributed by atoms with Crippen LogP contribution in [0.4, 0.5) is 5.69 Å². The van der Waals surface area contributed by atoms with E-state index in [1.54, 1.807) is 19.2 Å². The van der Waals surface area contributed by atoms with Crippen LogP contribution in [0, 0.1) is 17.8 Å². The molecule has 11 heteroatoms. The number of aromatic nitrogens is 2. The Bertz CT molecular complexity index is 1840. The molecule has 1 spiro atoms. The van der Waals surface area contributed by atoms with E-state index in [-0.39, 0.29) is 34.3 Å². The summed E-state index contributed by atoms with van der Waals surface area (Å²) in [5.41, 5.74) is 5.07. The number of esters is 1. The summed E-state index contributed by atoms with van der Waals surface area (Å²) in [6.07, 6.45) is 12.6. The van der Waals surface area contributed by atoms with Gasteiger partial charge < -0.3 is 19.1 Å². The van der Waals surface area contributed by atoms with Crippen molar-refractivity contribution >= 4 is 33.1 Å². The van der Waals surface area contributed by atoms with Gasteiger partial charge in [-0.15, -0.1) is 0 Å². The van der Waals surface area contributed by atoms with Crippen molar-refractivity contribution < 1.29 is 27.4 Å². The molecule has 7 rings (SSSR count). The fourth-order valence-electron chi connectivity index (χ4n) is 8.61. The number of halogens is 1. The number of nitrogens with zero attached hydrogens (tertiary/aromatic N) is 3. The second kappa shape index (κ2) is 14.0. The van der Waals surface area contributed by atoms with Crippen LogP contribution in [0.3, 0.4) is 0 Å². The Kier molecular flexibility index (Phi) is 9.74. The number of anilines is 1. The van der Waals surface area contributed by atoms with E-state index < -0.39 is 9.84 Å². The first-order valence-electron chi connectivity index (χ1n) is 17.3. The van der Waals surface area contributed by atoms with E-state index in [4.69, 9.17) is 25.8 Å². The number of fused-ring (bicyclic) bond motifs is 3. The standard InChI is InChI=1S/C38H44ClN3O6S/c1-46-35(26-8-6-25(7-9-26)22-49(44,45)37-40-17-4-18-41-37)31-13-10-29(31)21-42-23-38(16-3-5-27-19-30(39)12-14-32(27)38)24-48-34-15-11-28(20-33(34)42)36(43)47-2/h4,8,11-12,14-15,17-20,25,29,31,35H,3,5-7,9-10,13,16,21-24H2,1-2H3/t25-,29+,31-,35+,38+/m1/s1. The predicted molar refractivity (Wildman–Crippen MR) is 188 cm³/mol. The van der Waals surface area contributed by atoms with Crippen LogP contribution in [-0.4, -0.2) is 70.1 Å². The van der Waals surface area contributed by atoms with Crippen LogP contribution in [0.5, 0.6) is 5.75 Å². The van der Waals surface area contributed by atoms with E-state index in [0.29, 0.717) is 30.4 Å². The molecule has 1 aromatic heterocycles. The third-order valence-corrected chi connectivity index (χ3v) is 13.1. The third kappa shape index (κ3) is 6.84. The van der Waals surface area contributed by atoms with E-state index in [9.17, 15) is 13.2 Å². The maximum absolute atomic E-state index is 12.9. The molecule has 0 saturated heterocycles. The van der Waals surface area contributed by atoms with Crippen molar-refractivity contribution in [3.63, 3.8) is 0 Å². The summed E-state index contributed by atoms with van der Waals surface area (Å²) in [5, 5.41) is 0.657. The molecule has 2 heterocycles. The van der Waals surface area contributed by atoms with Gasteiger partial charge in [-0.25, -0.2) is 23.2 Å². The summed E-state index contributed by atoms with van der Waals surface area (Å²) in [6, 6.07) is 13.5. The summed E-state index contributed by atoms with van der Waals surface area (Å²) in [6.45, 7) is 2.13. The number of carbonyl (C=O) groups excluding carboxylic acids is 1. The van der Waals surface area contributed by atoms with Gasteiger partial charge >= 0.3 is 5.97 Å². The topological polar surface area (TPSA) is 108 Å². The average Bonchev–Trinajstić information content (AvgIpc) is 3.26. The summed E-state index contributed by atoms with van der Waals surface area (Å²) in [7, 11) is -0.343. The molecule has 4 aliphatic rings. The number of benzene rings is 2. The van der Waals surface area contributed by atoms with Crippen LogP contribution >= 0.6 is 11.6 Å². The molecule has 0 N–H and O–H groups in total. The number of aryl methyl sites for hydroxylation is 1. The lowest BCUT2D eigenvalue weighted by atomic mass is 9.66. The number of carbonyl (C=O) groups is 1. The zero-order chi connectivity index (χ0) is 34.2. The van der Waals surface area contributed by atoms with Gasteiger partial charge in [0.2, 0.25) is 15.0 Å². The molecule has 0 radical (unpaired) electrons. The van der Waals surface area contributed by atoms with Crippen molar-refractivity contribution in [3.8, 4) is 5.75 Å². The lowest BCUT2D eigenvalue weighted by molar-refractivity contribution is 0.00323. The second-order valence-electron chi connectivity index (χ2n) is 14.2. The minimum absolute atomic E-state index is 0.0225. The van der Waals surface area contributed by atoms with Gasteiger partial charge in [0.25, 0.3) is 0 Å². The van der Waals surface area contributed by atoms with Crippen molar-refractivity contribution in [1.82, 2.24) is 9.97 Å². The molecule has 9 nitrogen and oxygen atoms in total. The fraction of sp³-hybridized carbons (Fsp3) is 0.500. The molecular formula is C38H44ClN3O6S. The average molecular weight is 706 g/mol. The SMILES string of the molecule is COC(=O)c1ccc2c(c1)N(C[C@@H]1CC[C@H]1[C@@H](OC)C1=CC[C@@H](CS(=O)(=O)c3ncccn3)CC1)C[C@@]1(CCCc3cc(Cl)ccc31)CO2. The van der Waals surface area contributed by atoms with Gasteiger partial charge in [0.05, 0.1) is 36.8 Å². The minimum atomic E-state index is -3.54. The highest BCUT2D eigenvalue weighted by molar-refractivity contribution is 7.91. The molecule has 260 valence electrons. The van der Waals surface area contributed by atoms with Crippen LogP contribution in [0.15, 0.2) is 71.7 Å². The molecule has 5 atom stereocenters. The molecule has 49 heavy (non-hydrogen) atoms. The molecule has 0 bridgehead atoms. The van der Waals surface area contributed by atoms with E-state index in [1.165, 1.54) is 36.2 Å². The monoisotopic (exact) mass is 705 g/mol. The molecule has 3 aromatic rings. The first kappa shape index (κ1) is 34.0. The van der Waals surface area contributed by atoms with Crippen molar-refractivity contribution in [2.75, 3.05) is 44.6 Å². The Morgan fingerprint density at radius 1 is 1.10 bits per heavy atom. The zero-order valence-electron chi connectivity index (χ0n) is 28.1. The molecule has 0 unspecified atom stereocenters. The van der Waals surface area contributed by atoms with Gasteiger partial charge in [-0.2, -0.15) is 0 Å². The van der Waals surface area contributed by atoms with Crippen molar-refractivity contribution in [3.05, 3.63) is 88.2 Å². The second-order valence-corrected chi connectivity index (χ2v) is 16.5. The fourth-order valence-corrected chi connectivity index (χ4v) is 10.3. The quantitative estimate of drug-likeness (QED) is 0.138. The maximum atomic E-state index is 12.9. The van der Waals surface area contributed by atoms with Crippen LogP contribution < -0.4 is 9.64 Å². The Morgan fingerprint density at radius 2 is 1.94 bits per heavy atom. The molecule has 1 fully saturated rings. The maximum Gasteiger partial charge on any atom is 0.337 e. The van der Waals surface area contributed by atoms with Gasteiger partial charge in [0.1, 0.15) is 5.75 Å². The highest BCUT2D eigenvalue weighted by Gasteiger charge is 2.45. The lowest BCUT2D eigenvalue weighted by Crippen LogP contribution is -2.50. The van der Waals surface area contributed by atoms with Crippen LogP contribution in [-0.2, 0) is 31.1 Å². The van der Waals surface area contributed by atoms with Crippen LogP contribution in [0.25, 0.3) is 0 Å². The Hall–Kier alpha value is -3.47. The molecule has 3 aliphatic carbocycles. The largest absolute Gasteiger partial charge is 0.490 e. The molecule has 2 aromatic carbocycles. The molecule has 0 amide bonds. The normalized spacial score (nSPS) is 25.6. The van der Waals surface area contributed by atoms with Gasteiger partial charge in [-0.05, 0) is 122 Å². The Balaban J connectivity index is 1.12. The molecule has 1 aliphatic heterocycles. The first-order chi connectivity index (χ1) is 23.7. The van der Waals surface area contributed by atoms with Crippen molar-refractivity contribution in [2.45, 2.75) is 68.0 Å². The zero-order valence-corrected chi connectivity index (χ0v) is 29.7. The summed E-state index contributed by atoms with van der Waals surface area (Å²) in [4.78, 5) is 23.0. The number of hydrogen-bond acceptors (Lipinski definition) is 9. The van der Waals surface area contributed by atoms with E-state index in [1.807, 2.05) is 18.2 Å². The number of rotatable bonds is 9. The minimum Gasteiger partial charge on any atom is -0.490 e. The summed E-state index contributed by atoms with van der Waals surface area (Å²) in [5.74, 6) is 1.19. The lowest BCUT2D eigenvalue weighted by Gasteiger charge is -2.47. The Labute approximate surface area is 293 Å². The van der Waals surface area contributed by atoms with E-state index in [0.717, 1.165) is 74.5 Å². The number of ether oxygens (including phenoxy) is 3. The van der Waals surface area contributed by atoms with Crippen molar-refractivity contribution in [1.29, 1.82) is 0 Å². The van der Waals surface area contributed by atoms with Gasteiger partial charge in [0, 0.05) is 43.0 Å². The number of sulfone groups is 1. The number of allylic oxidation sites excluding steroid dienone is 1. The van der Waals surface area contributed by atoms with Crippen LogP contribution in [0.2, 0.25) is 5.02 Å². The van der Waals surface area contributed by atoms with E-state index in [2.05, 4.69) is 33.1 Å². The molecular weight excluding hydrogens is 662 g/mol. The highest BCUT2D eigenvalue weighted by atomic mass is 35.5. The van der Waals surface area contributed by atoms with Crippen LogP contribution in [0.1, 0.15) is 66.4 Å². The smallest absolute Gasteiger partial charge is 0.337 e. The highest BCUT2D eigenvalue weighted by Crippen LogP contribution is 2.48. The van der Waals surface area contributed by atoms with Gasteiger partial charge in [-0.3, -0.25) is 0 Å². The van der Waals surface area contributed by atoms with E-state index >= 15 is 0 Å². The Morgan fingerprint density at radius 3 is 2.65 bits per heavy atom. The first-order valence-corrected chi connectivity index (χ1v) is 19.3. The number of methoxy groups -OCH3 is 2. The molecule has 1 saturated carbocycles. The van der Waals surface area contributed by atoms with Gasteiger partial charge in [0.15, 0.2) is 0 Å². The number of hydrogen-bond donors (Lipinski definition) is 0. The predicted octanol–water partition coefficient (Wildman–Crippen LogP) is 6.63. The van der Waals surface area contributed by atoms with Crippen molar-refractivity contribution in [2.24, 2.45) is 17.8 Å².